The summed E-state index contributed by atoms with van der Waals surface area (Å²) in [5.74, 6) is 1.47. The lowest BCUT2D eigenvalue weighted by Gasteiger charge is -2.12. The summed E-state index contributed by atoms with van der Waals surface area (Å²) in [6.07, 6.45) is 2.00. The third-order valence-electron chi connectivity index (χ3n) is 3.15. The summed E-state index contributed by atoms with van der Waals surface area (Å²) in [5, 5.41) is 3.33. The summed E-state index contributed by atoms with van der Waals surface area (Å²) in [7, 11) is 0. The maximum absolute atomic E-state index is 5.62. The number of rotatable bonds is 2. The molecule has 1 aromatic carbocycles. The van der Waals surface area contributed by atoms with Gasteiger partial charge in [0.15, 0.2) is 0 Å². The maximum atomic E-state index is 5.62. The number of anilines is 2. The van der Waals surface area contributed by atoms with Gasteiger partial charge in [-0.2, -0.15) is 15.0 Å². The fourth-order valence-electron chi connectivity index (χ4n) is 2.41. The van der Waals surface area contributed by atoms with Crippen LogP contribution in [0.3, 0.4) is 0 Å². The first-order chi connectivity index (χ1) is 8.70. The van der Waals surface area contributed by atoms with E-state index in [4.69, 9.17) is 5.73 Å². The molecule has 92 valence electrons. The number of nitrogens with one attached hydrogen (secondary N) is 1. The molecule has 0 bridgehead atoms. The van der Waals surface area contributed by atoms with Crippen molar-refractivity contribution in [3.05, 3.63) is 41.2 Å². The fourth-order valence-corrected chi connectivity index (χ4v) is 2.41. The Kier molecular flexibility index (Phi) is 2.59. The van der Waals surface area contributed by atoms with E-state index >= 15 is 0 Å². The Balaban J connectivity index is 1.76. The van der Waals surface area contributed by atoms with Gasteiger partial charge in [0.05, 0.1) is 0 Å². The fraction of sp³-hybridized carbons (Fsp3) is 0.308. The van der Waals surface area contributed by atoms with Crippen LogP contribution in [-0.2, 0) is 12.8 Å². The van der Waals surface area contributed by atoms with E-state index in [1.54, 1.807) is 0 Å². The van der Waals surface area contributed by atoms with E-state index in [0.29, 0.717) is 17.8 Å². The number of fused-ring (bicyclic) bond motifs is 1. The molecule has 0 fully saturated rings. The van der Waals surface area contributed by atoms with Crippen molar-refractivity contribution in [2.45, 2.75) is 25.8 Å². The number of aryl methyl sites for hydroxylation is 1. The van der Waals surface area contributed by atoms with Crippen molar-refractivity contribution in [2.75, 3.05) is 11.1 Å². The summed E-state index contributed by atoms with van der Waals surface area (Å²) in [6, 6.07) is 8.83. The van der Waals surface area contributed by atoms with Gasteiger partial charge in [0, 0.05) is 6.04 Å². The highest BCUT2D eigenvalue weighted by molar-refractivity contribution is 5.39. The van der Waals surface area contributed by atoms with Crippen LogP contribution in [0.5, 0.6) is 0 Å². The zero-order chi connectivity index (χ0) is 12.5. The van der Waals surface area contributed by atoms with E-state index in [9.17, 15) is 0 Å². The lowest BCUT2D eigenvalue weighted by Crippen LogP contribution is -2.22. The molecule has 1 aliphatic carbocycles. The van der Waals surface area contributed by atoms with E-state index in [1.807, 2.05) is 6.92 Å². The number of hydrogen-bond acceptors (Lipinski definition) is 5. The predicted molar refractivity (Wildman–Crippen MR) is 70.2 cm³/mol. The summed E-state index contributed by atoms with van der Waals surface area (Å²) in [6.45, 7) is 1.81. The van der Waals surface area contributed by atoms with Crippen molar-refractivity contribution < 1.29 is 0 Å². The topological polar surface area (TPSA) is 76.7 Å². The number of nitrogens with zero attached hydrogens (tertiary/aromatic N) is 3. The van der Waals surface area contributed by atoms with Gasteiger partial charge in [-0.15, -0.1) is 0 Å². The second-order valence-electron chi connectivity index (χ2n) is 4.58. The second kappa shape index (κ2) is 4.25. The van der Waals surface area contributed by atoms with Crippen molar-refractivity contribution in [1.29, 1.82) is 0 Å². The van der Waals surface area contributed by atoms with Gasteiger partial charge in [-0.3, -0.25) is 0 Å². The Morgan fingerprint density at radius 1 is 1.11 bits per heavy atom. The van der Waals surface area contributed by atoms with Gasteiger partial charge in [-0.05, 0) is 30.9 Å². The van der Waals surface area contributed by atoms with Crippen LogP contribution >= 0.6 is 0 Å². The van der Waals surface area contributed by atoms with E-state index in [0.717, 1.165) is 12.8 Å². The molecule has 0 aliphatic heterocycles. The highest BCUT2D eigenvalue weighted by Gasteiger charge is 2.21. The molecule has 1 heterocycles. The van der Waals surface area contributed by atoms with E-state index in [2.05, 4.69) is 44.5 Å². The molecule has 5 heteroatoms. The Bertz CT molecular complexity index is 536. The molecule has 0 spiro atoms. The first-order valence-corrected chi connectivity index (χ1v) is 6.02. The first-order valence-electron chi connectivity index (χ1n) is 6.02. The molecule has 0 amide bonds. The standard InChI is InChI=1S/C13H15N5/c1-8-15-12(14)18-13(16-8)17-11-6-9-4-2-3-5-10(9)7-11/h2-5,11H,6-7H2,1H3,(H3,14,15,16,17,18). The zero-order valence-corrected chi connectivity index (χ0v) is 10.2. The van der Waals surface area contributed by atoms with Crippen LogP contribution in [0.4, 0.5) is 11.9 Å². The van der Waals surface area contributed by atoms with Crippen molar-refractivity contribution in [3.8, 4) is 0 Å². The molecule has 0 saturated carbocycles. The molecule has 3 rings (SSSR count). The van der Waals surface area contributed by atoms with Crippen molar-refractivity contribution in [2.24, 2.45) is 0 Å². The molecule has 1 aromatic heterocycles. The molecule has 0 atom stereocenters. The van der Waals surface area contributed by atoms with Crippen LogP contribution in [0.15, 0.2) is 24.3 Å². The van der Waals surface area contributed by atoms with Gasteiger partial charge in [0.1, 0.15) is 5.82 Å². The molecule has 18 heavy (non-hydrogen) atoms. The largest absolute Gasteiger partial charge is 0.368 e. The number of nitrogen functional groups attached to an aromatic ring is 1. The van der Waals surface area contributed by atoms with Crippen molar-refractivity contribution in [1.82, 2.24) is 15.0 Å². The molecular weight excluding hydrogens is 226 g/mol. The van der Waals surface area contributed by atoms with Crippen molar-refractivity contribution >= 4 is 11.9 Å². The van der Waals surface area contributed by atoms with Gasteiger partial charge in [0.25, 0.3) is 0 Å². The zero-order valence-electron chi connectivity index (χ0n) is 10.2. The molecule has 0 radical (unpaired) electrons. The number of nitrogens with two attached hydrogens (primary N) is 1. The number of aromatic nitrogens is 3. The van der Waals surface area contributed by atoms with Crippen LogP contribution in [0.25, 0.3) is 0 Å². The van der Waals surface area contributed by atoms with E-state index < -0.39 is 0 Å². The van der Waals surface area contributed by atoms with Gasteiger partial charge in [-0.25, -0.2) is 0 Å². The summed E-state index contributed by atoms with van der Waals surface area (Å²) in [5.41, 5.74) is 8.41. The molecular formula is C13H15N5. The molecule has 0 unspecified atom stereocenters. The average molecular weight is 241 g/mol. The van der Waals surface area contributed by atoms with Crippen LogP contribution in [0.2, 0.25) is 0 Å². The molecule has 0 saturated heterocycles. The minimum absolute atomic E-state index is 0.264. The van der Waals surface area contributed by atoms with Gasteiger partial charge >= 0.3 is 0 Å². The summed E-state index contributed by atoms with van der Waals surface area (Å²) < 4.78 is 0. The Hall–Kier alpha value is -2.17. The normalized spacial score (nSPS) is 14.5. The van der Waals surface area contributed by atoms with E-state index in [-0.39, 0.29) is 5.95 Å². The molecule has 2 aromatic rings. The molecule has 5 nitrogen and oxygen atoms in total. The van der Waals surface area contributed by atoms with Gasteiger partial charge < -0.3 is 11.1 Å². The Morgan fingerprint density at radius 3 is 2.39 bits per heavy atom. The maximum Gasteiger partial charge on any atom is 0.227 e. The summed E-state index contributed by atoms with van der Waals surface area (Å²) >= 11 is 0. The Labute approximate surface area is 105 Å². The molecule has 1 aliphatic rings. The smallest absolute Gasteiger partial charge is 0.227 e. The third kappa shape index (κ3) is 2.11. The Morgan fingerprint density at radius 2 is 1.78 bits per heavy atom. The van der Waals surface area contributed by atoms with Gasteiger partial charge in [0.2, 0.25) is 11.9 Å². The van der Waals surface area contributed by atoms with E-state index in [1.165, 1.54) is 11.1 Å². The SMILES string of the molecule is Cc1nc(N)nc(NC2Cc3ccccc3C2)n1. The third-order valence-corrected chi connectivity index (χ3v) is 3.15. The van der Waals surface area contributed by atoms with Crippen LogP contribution in [-0.4, -0.2) is 21.0 Å². The van der Waals surface area contributed by atoms with Crippen molar-refractivity contribution in [3.63, 3.8) is 0 Å². The highest BCUT2D eigenvalue weighted by atomic mass is 15.2. The summed E-state index contributed by atoms with van der Waals surface area (Å²) in [4.78, 5) is 12.3. The average Bonchev–Trinajstić information content (AvgIpc) is 2.69. The minimum Gasteiger partial charge on any atom is -0.368 e. The van der Waals surface area contributed by atoms with Crippen LogP contribution in [0, 0.1) is 6.92 Å². The van der Waals surface area contributed by atoms with Crippen LogP contribution < -0.4 is 11.1 Å². The quantitative estimate of drug-likeness (QED) is 0.829. The highest BCUT2D eigenvalue weighted by Crippen LogP contribution is 2.23. The second-order valence-corrected chi connectivity index (χ2v) is 4.58. The lowest BCUT2D eigenvalue weighted by molar-refractivity contribution is 0.757. The molecule has 3 N–H and O–H groups in total. The monoisotopic (exact) mass is 241 g/mol. The predicted octanol–water partition coefficient (Wildman–Crippen LogP) is 1.34. The van der Waals surface area contributed by atoms with Gasteiger partial charge in [-0.1, -0.05) is 24.3 Å². The lowest BCUT2D eigenvalue weighted by atomic mass is 10.1. The first kappa shape index (κ1) is 11.0. The minimum atomic E-state index is 0.264. The number of benzene rings is 1. The van der Waals surface area contributed by atoms with Crippen LogP contribution in [0.1, 0.15) is 17.0 Å². The number of hydrogen-bond donors (Lipinski definition) is 2.